The van der Waals surface area contributed by atoms with Gasteiger partial charge < -0.3 is 65.8 Å². The molecule has 6 bridgehead atoms. The van der Waals surface area contributed by atoms with Crippen molar-refractivity contribution in [2.24, 2.45) is 0 Å². The molecule has 37 heavy (non-hydrogen) atoms. The Bertz CT molecular complexity index is 757. The average Bonchev–Trinajstić information content (AvgIpc) is 2.66. The number of rotatable bonds is 10. The van der Waals surface area contributed by atoms with Gasteiger partial charge in [0.25, 0.3) is 20.0 Å². The molecule has 0 aromatic heterocycles. The topological polar surface area (TPSA) is 148 Å². The van der Waals surface area contributed by atoms with Gasteiger partial charge in [-0.15, -0.1) is 0 Å². The molecule has 4 aliphatic rings. The van der Waals surface area contributed by atoms with Gasteiger partial charge in [0.15, 0.2) is 36.2 Å². The van der Waals surface area contributed by atoms with E-state index < -0.39 is 121 Å². The minimum absolute atomic E-state index is 1.38. The highest BCUT2D eigenvalue weighted by molar-refractivity contribution is 6.90. The molecule has 0 spiro atoms. The van der Waals surface area contributed by atoms with Crippen molar-refractivity contribution in [2.45, 2.75) is 52.4 Å². The molecule has 4 saturated heterocycles. The molecule has 0 N–H and O–H groups in total. The first-order valence-corrected chi connectivity index (χ1v) is 36.0. The molecule has 0 saturated carbocycles. The molecule has 29 heteroatoms. The molecule has 4 fully saturated rings. The lowest BCUT2D eigenvalue weighted by atomic mass is 11.9. The largest absolute Gasteiger partial charge is 0.649 e. The predicted octanol–water partition coefficient (Wildman–Crippen LogP) is -4.59. The van der Waals surface area contributed by atoms with Crippen LogP contribution in [0.15, 0.2) is 0 Å². The van der Waals surface area contributed by atoms with E-state index in [0.29, 0.717) is 0 Å². The second kappa shape index (κ2) is 13.7. The lowest BCUT2D eigenvalue weighted by Gasteiger charge is -2.48. The molecule has 6 unspecified atom stereocenters. The average molecular weight is 753 g/mol. The molecule has 0 amide bonds. The smallest absolute Gasteiger partial charge is 0.444 e. The molecule has 16 nitrogen and oxygen atoms in total. The molecule has 4 heterocycles. The molecule has 4 rings (SSSR count). The fourth-order valence-corrected chi connectivity index (χ4v) is 45.2. The van der Waals surface area contributed by atoms with E-state index in [1.165, 1.54) is 0 Å². The van der Waals surface area contributed by atoms with E-state index in [4.69, 9.17) is 65.8 Å². The summed E-state index contributed by atoms with van der Waals surface area (Å²) >= 11 is 0. The van der Waals surface area contributed by atoms with Crippen LogP contribution in [0.1, 0.15) is 0 Å². The van der Waals surface area contributed by atoms with Gasteiger partial charge in [0.1, 0.15) is 0 Å². The van der Waals surface area contributed by atoms with Gasteiger partial charge in [-0.3, -0.25) is 0 Å². The maximum absolute atomic E-state index is 6.65. The minimum Gasteiger partial charge on any atom is -0.444 e. The normalized spacial score (nSPS) is 41.5. The van der Waals surface area contributed by atoms with Gasteiger partial charge in [-0.1, -0.05) is 0 Å². The van der Waals surface area contributed by atoms with Crippen molar-refractivity contribution in [3.8, 4) is 0 Å². The Kier molecular flexibility index (Phi) is 11.8. The third kappa shape index (κ3) is 9.08. The first kappa shape index (κ1) is 32.1. The van der Waals surface area contributed by atoms with Crippen LogP contribution in [0, 0.1) is 0 Å². The number of hydrogen-bond donors (Lipinski definition) is 0. The Morgan fingerprint density at radius 1 is 0.622 bits per heavy atom. The Balaban J connectivity index is 1.82. The SMILES string of the molecule is C[SiH](C)O[SiH2]O[Si]1(O[SiH](C)C)O[SiH]2O[SiH]3O[SiH2]O[Si]4(O[SiH](C)C)O[SiH](O3)O[Si@H](O2)O[Si](O[SiH](C)C)(O1)O4. The maximum Gasteiger partial charge on any atom is 0.649 e. The lowest BCUT2D eigenvalue weighted by molar-refractivity contribution is -0.0184. The van der Waals surface area contributed by atoms with Gasteiger partial charge in [-0.2, -0.15) is 0 Å². The first-order valence-electron chi connectivity index (χ1n) is 12.0. The van der Waals surface area contributed by atoms with E-state index in [0.717, 1.165) is 0 Å². The van der Waals surface area contributed by atoms with Gasteiger partial charge >= 0.3 is 65.3 Å². The van der Waals surface area contributed by atoms with E-state index >= 15 is 0 Å². The van der Waals surface area contributed by atoms with E-state index in [9.17, 15) is 0 Å². The van der Waals surface area contributed by atoms with Crippen LogP contribution < -0.4 is 0 Å². The summed E-state index contributed by atoms with van der Waals surface area (Å²) in [5, 5.41) is 0. The van der Waals surface area contributed by atoms with Crippen molar-refractivity contribution in [3.63, 3.8) is 0 Å². The standard InChI is InChI=1S/C8H36O16Si13/c1-27(2)9-25-11-35(17-28(3)4)20-32-13-31-10-26-12-36(18-29(5)6)21-33(14-31)16-34(15-32)22-37(23-35,24-36)19-30(7)8/h27-34H,25-26H2,1-8H3/t31?,32?,33?,34-,35?,36?,37?/m0/s1. The van der Waals surface area contributed by atoms with E-state index in [1.54, 1.807) is 0 Å². The molecular formula is C8H36O16Si13. The van der Waals surface area contributed by atoms with Crippen molar-refractivity contribution in [2.75, 3.05) is 0 Å². The summed E-state index contributed by atoms with van der Waals surface area (Å²) in [5.41, 5.74) is 0. The van der Waals surface area contributed by atoms with Crippen LogP contribution in [-0.2, 0) is 65.8 Å². The molecule has 4 aliphatic heterocycles. The first-order chi connectivity index (χ1) is 17.4. The fraction of sp³-hybridized carbons (Fsp3) is 1.00. The second-order valence-corrected chi connectivity index (χ2v) is 40.0. The zero-order valence-corrected chi connectivity index (χ0v) is 37.1. The van der Waals surface area contributed by atoms with Gasteiger partial charge in [0.2, 0.25) is 0 Å². The molecular weight excluding hydrogens is 717 g/mol. The van der Waals surface area contributed by atoms with Crippen LogP contribution in [0.5, 0.6) is 0 Å². The monoisotopic (exact) mass is 752 g/mol. The highest BCUT2D eigenvalue weighted by Crippen LogP contribution is 2.35. The van der Waals surface area contributed by atoms with Crippen LogP contribution in [-0.4, -0.2) is 121 Å². The quantitative estimate of drug-likeness (QED) is 0.197. The Morgan fingerprint density at radius 3 is 1.76 bits per heavy atom. The van der Waals surface area contributed by atoms with Crippen molar-refractivity contribution in [3.05, 3.63) is 0 Å². The Labute approximate surface area is 238 Å². The van der Waals surface area contributed by atoms with Crippen molar-refractivity contribution < 1.29 is 65.8 Å². The maximum atomic E-state index is 6.65. The van der Waals surface area contributed by atoms with E-state index in [2.05, 4.69) is 13.1 Å². The summed E-state index contributed by atoms with van der Waals surface area (Å²) in [6, 6.07) is 0. The van der Waals surface area contributed by atoms with Gasteiger partial charge in [-0.25, -0.2) is 0 Å². The Hall–Kier alpha value is 2.18. The minimum atomic E-state index is -4.23. The molecule has 0 aliphatic carbocycles. The zero-order chi connectivity index (χ0) is 26.8. The predicted molar refractivity (Wildman–Crippen MR) is 156 cm³/mol. The molecule has 0 aromatic carbocycles. The highest BCUT2D eigenvalue weighted by atomic mass is 28.6. The van der Waals surface area contributed by atoms with Crippen molar-refractivity contribution in [1.82, 2.24) is 0 Å². The van der Waals surface area contributed by atoms with Crippen LogP contribution in [0.4, 0.5) is 0 Å². The van der Waals surface area contributed by atoms with Gasteiger partial charge in [0.05, 0.1) is 0 Å². The van der Waals surface area contributed by atoms with Gasteiger partial charge in [0, 0.05) is 0 Å². The molecule has 0 radical (unpaired) electrons. The summed E-state index contributed by atoms with van der Waals surface area (Å²) in [7, 11) is -34.2. The number of hydrogen-bond acceptors (Lipinski definition) is 16. The lowest BCUT2D eigenvalue weighted by Crippen LogP contribution is -2.77. The fourth-order valence-electron chi connectivity index (χ4n) is 3.16. The molecule has 0 aromatic rings. The van der Waals surface area contributed by atoms with Crippen molar-refractivity contribution >= 4 is 121 Å². The summed E-state index contributed by atoms with van der Waals surface area (Å²) in [5.74, 6) is 0. The highest BCUT2D eigenvalue weighted by Gasteiger charge is 2.71. The summed E-state index contributed by atoms with van der Waals surface area (Å²) in [6.45, 7) is 15.9. The van der Waals surface area contributed by atoms with Gasteiger partial charge in [-0.05, 0) is 52.4 Å². The third-order valence-electron chi connectivity index (χ3n) is 4.33. The molecule has 216 valence electrons. The van der Waals surface area contributed by atoms with Crippen LogP contribution in [0.3, 0.4) is 0 Å². The Morgan fingerprint density at radius 2 is 1.16 bits per heavy atom. The second-order valence-electron chi connectivity index (χ2n) is 9.16. The van der Waals surface area contributed by atoms with Crippen molar-refractivity contribution in [1.29, 1.82) is 0 Å². The van der Waals surface area contributed by atoms with E-state index in [1.807, 2.05) is 39.3 Å². The van der Waals surface area contributed by atoms with E-state index in [-0.39, 0.29) is 0 Å². The summed E-state index contributed by atoms with van der Waals surface area (Å²) < 4.78 is 100. The van der Waals surface area contributed by atoms with Crippen LogP contribution >= 0.6 is 0 Å². The van der Waals surface area contributed by atoms with Crippen LogP contribution in [0.25, 0.3) is 0 Å². The zero-order valence-electron chi connectivity index (χ0n) is 22.1. The summed E-state index contributed by atoms with van der Waals surface area (Å²) in [4.78, 5) is 0. The third-order valence-corrected chi connectivity index (χ3v) is 38.9. The van der Waals surface area contributed by atoms with Crippen LogP contribution in [0.2, 0.25) is 52.4 Å². The summed E-state index contributed by atoms with van der Waals surface area (Å²) in [6.07, 6.45) is 0. The number of fused-ring (bicyclic) bond motifs is 4. The molecule has 7 atom stereocenters.